The molecule has 0 saturated carbocycles. The number of imidazole rings is 1. The van der Waals surface area contributed by atoms with E-state index in [1.807, 2.05) is 6.92 Å². The Balaban J connectivity index is 0.000000216. The van der Waals surface area contributed by atoms with E-state index in [1.54, 1.807) is 9.47 Å². The molecule has 0 bridgehead atoms. The minimum absolute atomic E-state index is 0.0363. The average Bonchev–Trinajstić information content (AvgIpc) is 3.35. The molecule has 0 radical (unpaired) electrons. The van der Waals surface area contributed by atoms with Crippen LogP contribution in [-0.4, -0.2) is 53.3 Å². The fourth-order valence-electron chi connectivity index (χ4n) is 3.85. The molecular formula is C20H27F3N4O3. The van der Waals surface area contributed by atoms with Crippen LogP contribution in [0.4, 0.5) is 18.0 Å². The molecule has 30 heavy (non-hydrogen) atoms. The molecule has 10 heteroatoms. The second-order valence-electron chi connectivity index (χ2n) is 7.40. The molecule has 0 aliphatic carbocycles. The van der Waals surface area contributed by atoms with E-state index in [4.69, 9.17) is 4.74 Å². The Morgan fingerprint density at radius 3 is 2.47 bits per heavy atom. The normalized spacial score (nSPS) is 17.7. The number of nitrogens with zero attached hydrogens (tertiary/aromatic N) is 2. The largest absolute Gasteiger partial charge is 0.450 e. The first-order valence-electron chi connectivity index (χ1n) is 10.2. The molecule has 3 heterocycles. The summed E-state index contributed by atoms with van der Waals surface area (Å²) in [5.74, 6) is 0. The molecule has 166 valence electrons. The lowest BCUT2D eigenvalue weighted by Crippen LogP contribution is -2.33. The number of nitrogens with one attached hydrogen (secondary N) is 2. The Labute approximate surface area is 172 Å². The summed E-state index contributed by atoms with van der Waals surface area (Å²) in [6.45, 7) is 5.68. The molecule has 1 aromatic heterocycles. The van der Waals surface area contributed by atoms with Gasteiger partial charge in [0.2, 0.25) is 0 Å². The third-order valence-corrected chi connectivity index (χ3v) is 5.35. The minimum Gasteiger partial charge on any atom is -0.450 e. The van der Waals surface area contributed by atoms with E-state index in [0.29, 0.717) is 12.1 Å². The van der Waals surface area contributed by atoms with Gasteiger partial charge in [0.05, 0.1) is 23.2 Å². The van der Waals surface area contributed by atoms with Crippen LogP contribution in [0.1, 0.15) is 44.2 Å². The lowest BCUT2D eigenvalue weighted by molar-refractivity contribution is -0.137. The number of aromatic nitrogens is 2. The van der Waals surface area contributed by atoms with Crippen LogP contribution < -0.4 is 11.0 Å². The van der Waals surface area contributed by atoms with E-state index in [9.17, 15) is 22.8 Å². The number of H-pyrrole nitrogens is 1. The highest BCUT2D eigenvalue weighted by molar-refractivity contribution is 5.76. The van der Waals surface area contributed by atoms with Crippen molar-refractivity contribution in [2.75, 3.05) is 32.8 Å². The summed E-state index contributed by atoms with van der Waals surface area (Å²) in [6.07, 6.45) is -0.707. The standard InChI is InChI=1S/C13H14F3N3O.C7H13NO2/c14-13(15,16)8-1-2-11-10(7-8)18-12(20)19(11)9-3-5-17-6-4-9;1-2-10-7(9)8-5-3-4-6-8/h1-2,7,9,17H,3-6H2,(H,18,20);2-6H2,1H3. The molecule has 1 amide bonds. The number of carbonyl (C=O) groups excluding carboxylic acids is 1. The van der Waals surface area contributed by atoms with Crippen LogP contribution in [0, 0.1) is 0 Å². The molecule has 4 rings (SSSR count). The van der Waals surface area contributed by atoms with Gasteiger partial charge in [0.1, 0.15) is 0 Å². The maximum Gasteiger partial charge on any atom is 0.416 e. The van der Waals surface area contributed by atoms with Gasteiger partial charge in [-0.3, -0.25) is 4.57 Å². The Morgan fingerprint density at radius 2 is 1.87 bits per heavy atom. The number of likely N-dealkylation sites (tertiary alicyclic amines) is 1. The molecule has 2 N–H and O–H groups in total. The predicted molar refractivity (Wildman–Crippen MR) is 107 cm³/mol. The second kappa shape index (κ2) is 9.55. The van der Waals surface area contributed by atoms with Gasteiger partial charge in [-0.25, -0.2) is 9.59 Å². The van der Waals surface area contributed by atoms with Crippen LogP contribution in [0.15, 0.2) is 23.0 Å². The lowest BCUT2D eigenvalue weighted by atomic mass is 10.1. The number of rotatable bonds is 2. The van der Waals surface area contributed by atoms with Gasteiger partial charge >= 0.3 is 18.0 Å². The van der Waals surface area contributed by atoms with Crippen LogP contribution in [0.2, 0.25) is 0 Å². The van der Waals surface area contributed by atoms with E-state index in [1.165, 1.54) is 6.07 Å². The molecular weight excluding hydrogens is 401 g/mol. The van der Waals surface area contributed by atoms with Gasteiger partial charge in [-0.1, -0.05) is 0 Å². The van der Waals surface area contributed by atoms with Crippen molar-refractivity contribution in [2.24, 2.45) is 0 Å². The molecule has 7 nitrogen and oxygen atoms in total. The van der Waals surface area contributed by atoms with Crippen molar-refractivity contribution in [2.45, 2.75) is 44.8 Å². The second-order valence-corrected chi connectivity index (χ2v) is 7.40. The number of amides is 1. The van der Waals surface area contributed by atoms with Gasteiger partial charge in [-0.2, -0.15) is 13.2 Å². The van der Waals surface area contributed by atoms with Crippen LogP contribution >= 0.6 is 0 Å². The van der Waals surface area contributed by atoms with Crippen molar-refractivity contribution in [1.29, 1.82) is 0 Å². The van der Waals surface area contributed by atoms with Crippen molar-refractivity contribution in [3.8, 4) is 0 Å². The Hall–Kier alpha value is -2.49. The number of hydrogen-bond donors (Lipinski definition) is 2. The molecule has 0 atom stereocenters. The maximum absolute atomic E-state index is 12.7. The van der Waals surface area contributed by atoms with E-state index >= 15 is 0 Å². The quantitative estimate of drug-likeness (QED) is 0.767. The summed E-state index contributed by atoms with van der Waals surface area (Å²) in [5.41, 5.74) is -0.312. The maximum atomic E-state index is 12.7. The first-order valence-corrected chi connectivity index (χ1v) is 10.2. The number of piperidine rings is 1. The fraction of sp³-hybridized carbons (Fsp3) is 0.600. The molecule has 2 aromatic rings. The first kappa shape index (κ1) is 22.2. The summed E-state index contributed by atoms with van der Waals surface area (Å²) >= 11 is 0. The number of benzene rings is 1. The fourth-order valence-corrected chi connectivity index (χ4v) is 3.85. The van der Waals surface area contributed by atoms with Gasteiger partial charge < -0.3 is 19.9 Å². The van der Waals surface area contributed by atoms with E-state index in [0.717, 1.165) is 64.0 Å². The molecule has 0 unspecified atom stereocenters. The van der Waals surface area contributed by atoms with E-state index in [2.05, 4.69) is 10.3 Å². The molecule has 0 spiro atoms. The highest BCUT2D eigenvalue weighted by Gasteiger charge is 2.31. The Bertz CT molecular complexity index is 910. The first-order chi connectivity index (χ1) is 14.3. The highest BCUT2D eigenvalue weighted by atomic mass is 19.4. The van der Waals surface area contributed by atoms with Crippen LogP contribution in [-0.2, 0) is 10.9 Å². The third-order valence-electron chi connectivity index (χ3n) is 5.35. The van der Waals surface area contributed by atoms with Crippen molar-refractivity contribution in [1.82, 2.24) is 19.8 Å². The number of alkyl halides is 3. The summed E-state index contributed by atoms with van der Waals surface area (Å²) in [7, 11) is 0. The van der Waals surface area contributed by atoms with Gasteiger partial charge in [-0.15, -0.1) is 0 Å². The lowest BCUT2D eigenvalue weighted by Gasteiger charge is -2.23. The van der Waals surface area contributed by atoms with Gasteiger partial charge in [0.15, 0.2) is 0 Å². The zero-order chi connectivity index (χ0) is 21.7. The van der Waals surface area contributed by atoms with Crippen molar-refractivity contribution >= 4 is 17.1 Å². The number of fused-ring (bicyclic) bond motifs is 1. The SMILES string of the molecule is CCOC(=O)N1CCCC1.O=c1[nH]c2cc(C(F)(F)F)ccc2n1C1CCNCC1. The number of aromatic amines is 1. The monoisotopic (exact) mass is 428 g/mol. The zero-order valence-electron chi connectivity index (χ0n) is 16.9. The smallest absolute Gasteiger partial charge is 0.416 e. The average molecular weight is 428 g/mol. The summed E-state index contributed by atoms with van der Waals surface area (Å²) in [6, 6.07) is 3.42. The molecule has 2 aliphatic heterocycles. The predicted octanol–water partition coefficient (Wildman–Crippen LogP) is 3.51. The molecule has 1 aromatic carbocycles. The number of hydrogen-bond acceptors (Lipinski definition) is 4. The van der Waals surface area contributed by atoms with Crippen molar-refractivity contribution in [3.05, 3.63) is 34.2 Å². The molecule has 2 aliphatic rings. The summed E-state index contributed by atoms with van der Waals surface area (Å²) in [5, 5.41) is 3.20. The van der Waals surface area contributed by atoms with Crippen molar-refractivity contribution < 1.29 is 22.7 Å². The van der Waals surface area contributed by atoms with E-state index < -0.39 is 11.7 Å². The van der Waals surface area contributed by atoms with Gasteiger partial charge in [-0.05, 0) is 63.9 Å². The Kier molecular flexibility index (Phi) is 7.06. The molecule has 2 saturated heterocycles. The highest BCUT2D eigenvalue weighted by Crippen LogP contribution is 2.31. The van der Waals surface area contributed by atoms with E-state index in [-0.39, 0.29) is 23.3 Å². The number of halogens is 3. The molecule has 2 fully saturated rings. The zero-order valence-corrected chi connectivity index (χ0v) is 16.9. The topological polar surface area (TPSA) is 79.4 Å². The summed E-state index contributed by atoms with van der Waals surface area (Å²) < 4.78 is 44.4. The van der Waals surface area contributed by atoms with Crippen LogP contribution in [0.25, 0.3) is 11.0 Å². The van der Waals surface area contributed by atoms with Gasteiger partial charge in [0, 0.05) is 19.1 Å². The number of carbonyl (C=O) groups is 1. The summed E-state index contributed by atoms with van der Waals surface area (Å²) in [4.78, 5) is 27.2. The van der Waals surface area contributed by atoms with Gasteiger partial charge in [0.25, 0.3) is 0 Å². The van der Waals surface area contributed by atoms with Crippen LogP contribution in [0.3, 0.4) is 0 Å². The van der Waals surface area contributed by atoms with Crippen molar-refractivity contribution in [3.63, 3.8) is 0 Å². The number of ether oxygens (including phenoxy) is 1. The minimum atomic E-state index is -4.40. The Morgan fingerprint density at radius 1 is 1.20 bits per heavy atom. The third kappa shape index (κ3) is 5.16. The van der Waals surface area contributed by atoms with Crippen LogP contribution in [0.5, 0.6) is 0 Å².